The maximum absolute atomic E-state index is 13.1. The van der Waals surface area contributed by atoms with Gasteiger partial charge in [-0.15, -0.1) is 0 Å². The van der Waals surface area contributed by atoms with Gasteiger partial charge in [-0.3, -0.25) is 0 Å². The molecule has 3 nitrogen and oxygen atoms in total. The van der Waals surface area contributed by atoms with Crippen molar-refractivity contribution in [2.45, 2.75) is 30.1 Å². The van der Waals surface area contributed by atoms with E-state index in [0.717, 1.165) is 12.8 Å². The topological polar surface area (TPSA) is 46.2 Å². The minimum absolute atomic E-state index is 0.0546. The number of benzene rings is 1. The summed E-state index contributed by atoms with van der Waals surface area (Å²) in [5, 5.41) is 4.08. The molecular weight excluding hydrogens is 309 g/mol. The Balaban J connectivity index is 1.78. The van der Waals surface area contributed by atoms with Gasteiger partial charge < -0.3 is 0 Å². The molecular formula is C15H16FNO2S2. The first-order valence-corrected chi connectivity index (χ1v) is 9.14. The van der Waals surface area contributed by atoms with Crippen LogP contribution in [0.3, 0.4) is 0 Å². The molecule has 1 saturated carbocycles. The zero-order valence-corrected chi connectivity index (χ0v) is 13.2. The predicted molar refractivity (Wildman–Crippen MR) is 81.6 cm³/mol. The molecule has 1 aliphatic rings. The number of hydrogen-bond acceptors (Lipinski definition) is 3. The van der Waals surface area contributed by atoms with E-state index in [-0.39, 0.29) is 10.3 Å². The second-order valence-electron chi connectivity index (χ2n) is 5.53. The Bertz CT molecular complexity index is 750. The van der Waals surface area contributed by atoms with Gasteiger partial charge in [0, 0.05) is 12.0 Å². The van der Waals surface area contributed by atoms with Gasteiger partial charge in [0.15, 0.2) is 0 Å². The second-order valence-corrected chi connectivity index (χ2v) is 8.04. The van der Waals surface area contributed by atoms with Gasteiger partial charge in [-0.05, 0) is 65.9 Å². The molecule has 0 amide bonds. The molecule has 0 aliphatic heterocycles. The molecule has 1 aromatic carbocycles. The average molecular weight is 325 g/mol. The van der Waals surface area contributed by atoms with Gasteiger partial charge in [0.25, 0.3) is 0 Å². The number of thiophene rings is 1. The van der Waals surface area contributed by atoms with E-state index in [4.69, 9.17) is 0 Å². The van der Waals surface area contributed by atoms with Crippen molar-refractivity contribution in [3.8, 4) is 0 Å². The van der Waals surface area contributed by atoms with Crippen LogP contribution in [-0.2, 0) is 15.4 Å². The van der Waals surface area contributed by atoms with Gasteiger partial charge in [-0.1, -0.05) is 0 Å². The minimum atomic E-state index is -3.61. The largest absolute Gasteiger partial charge is 0.240 e. The third kappa shape index (κ3) is 2.88. The van der Waals surface area contributed by atoms with Crippen molar-refractivity contribution in [1.82, 2.24) is 4.72 Å². The first-order chi connectivity index (χ1) is 9.93. The monoisotopic (exact) mass is 325 g/mol. The van der Waals surface area contributed by atoms with Gasteiger partial charge in [0.1, 0.15) is 5.82 Å². The van der Waals surface area contributed by atoms with Crippen LogP contribution in [0.25, 0.3) is 0 Å². The molecule has 0 saturated heterocycles. The van der Waals surface area contributed by atoms with E-state index in [1.54, 1.807) is 18.3 Å². The third-order valence-corrected chi connectivity index (χ3v) is 6.26. The van der Waals surface area contributed by atoms with E-state index in [9.17, 15) is 12.8 Å². The smallest absolute Gasteiger partial charge is 0.210 e. The lowest BCUT2D eigenvalue weighted by molar-refractivity contribution is 0.566. The van der Waals surface area contributed by atoms with Gasteiger partial charge >= 0.3 is 0 Å². The van der Waals surface area contributed by atoms with Crippen molar-refractivity contribution in [3.05, 3.63) is 52.0 Å². The van der Waals surface area contributed by atoms with Crippen molar-refractivity contribution in [2.24, 2.45) is 0 Å². The molecule has 1 N–H and O–H groups in total. The Morgan fingerprint density at radius 3 is 2.67 bits per heavy atom. The molecule has 6 heteroatoms. The van der Waals surface area contributed by atoms with E-state index in [0.29, 0.717) is 12.1 Å². The van der Waals surface area contributed by atoms with Crippen LogP contribution in [0.4, 0.5) is 4.39 Å². The Labute approximate surface area is 127 Å². The van der Waals surface area contributed by atoms with Crippen molar-refractivity contribution >= 4 is 21.4 Å². The van der Waals surface area contributed by atoms with E-state index in [1.807, 2.05) is 5.38 Å². The summed E-state index contributed by atoms with van der Waals surface area (Å²) in [6.07, 6.45) is 1.99. The highest BCUT2D eigenvalue weighted by Crippen LogP contribution is 2.48. The lowest BCUT2D eigenvalue weighted by atomic mass is 10.0. The number of halogens is 1. The summed E-state index contributed by atoms with van der Waals surface area (Å²) in [6, 6.07) is 5.78. The normalized spacial score (nSPS) is 16.9. The highest BCUT2D eigenvalue weighted by Gasteiger charge is 2.45. The van der Waals surface area contributed by atoms with Crippen molar-refractivity contribution in [3.63, 3.8) is 0 Å². The molecule has 3 rings (SSSR count). The van der Waals surface area contributed by atoms with Crippen LogP contribution >= 0.6 is 11.3 Å². The fourth-order valence-electron chi connectivity index (χ4n) is 2.51. The van der Waals surface area contributed by atoms with Crippen LogP contribution in [0.15, 0.2) is 39.9 Å². The summed E-state index contributed by atoms with van der Waals surface area (Å²) in [5.41, 5.74) is 1.56. The number of nitrogens with one attached hydrogen (secondary N) is 1. The summed E-state index contributed by atoms with van der Waals surface area (Å²) in [4.78, 5) is 0.144. The lowest BCUT2D eigenvalue weighted by Gasteiger charge is -2.16. The van der Waals surface area contributed by atoms with E-state index < -0.39 is 15.8 Å². The van der Waals surface area contributed by atoms with Crippen molar-refractivity contribution in [1.29, 1.82) is 0 Å². The fraction of sp³-hybridized carbons (Fsp3) is 0.333. The second kappa shape index (κ2) is 5.19. The van der Waals surface area contributed by atoms with E-state index >= 15 is 0 Å². The van der Waals surface area contributed by atoms with Gasteiger partial charge in [-0.2, -0.15) is 11.3 Å². The zero-order valence-electron chi connectivity index (χ0n) is 11.6. The van der Waals surface area contributed by atoms with E-state index in [2.05, 4.69) is 16.2 Å². The SMILES string of the molecule is Cc1cc(F)ccc1S(=O)(=O)NCC1(c2ccsc2)CC1. The maximum atomic E-state index is 13.1. The minimum Gasteiger partial charge on any atom is -0.210 e. The Morgan fingerprint density at radius 2 is 2.10 bits per heavy atom. The van der Waals surface area contributed by atoms with Crippen LogP contribution in [0.2, 0.25) is 0 Å². The van der Waals surface area contributed by atoms with Crippen LogP contribution in [0.5, 0.6) is 0 Å². The fourth-order valence-corrected chi connectivity index (χ4v) is 4.64. The molecule has 0 spiro atoms. The Kier molecular flexibility index (Phi) is 3.63. The van der Waals surface area contributed by atoms with Crippen LogP contribution < -0.4 is 4.72 Å². The van der Waals surface area contributed by atoms with Crippen LogP contribution in [-0.4, -0.2) is 15.0 Å². The van der Waals surface area contributed by atoms with Crippen molar-refractivity contribution < 1.29 is 12.8 Å². The zero-order chi connectivity index (χ0) is 15.1. The number of rotatable bonds is 5. The molecule has 1 aromatic heterocycles. The first kappa shape index (κ1) is 14.7. The summed E-state index contributed by atoms with van der Waals surface area (Å²) >= 11 is 1.62. The molecule has 1 aliphatic carbocycles. The molecule has 1 fully saturated rings. The molecule has 21 heavy (non-hydrogen) atoms. The number of hydrogen-bond donors (Lipinski definition) is 1. The first-order valence-electron chi connectivity index (χ1n) is 6.71. The summed E-state index contributed by atoms with van der Waals surface area (Å²) in [5.74, 6) is -0.427. The highest BCUT2D eigenvalue weighted by atomic mass is 32.2. The third-order valence-electron chi connectivity index (χ3n) is 4.01. The summed E-state index contributed by atoms with van der Waals surface area (Å²) in [6.45, 7) is 1.99. The van der Waals surface area contributed by atoms with Gasteiger partial charge in [0.05, 0.1) is 4.90 Å². The molecule has 0 unspecified atom stereocenters. The Morgan fingerprint density at radius 1 is 1.33 bits per heavy atom. The molecule has 2 aromatic rings. The average Bonchev–Trinajstić information content (AvgIpc) is 3.00. The van der Waals surface area contributed by atoms with Crippen LogP contribution in [0.1, 0.15) is 24.0 Å². The van der Waals surface area contributed by atoms with Crippen molar-refractivity contribution in [2.75, 3.05) is 6.54 Å². The Hall–Kier alpha value is -1.24. The number of aryl methyl sites for hydroxylation is 1. The standard InChI is InChI=1S/C15H16FNO2S2/c1-11-8-13(16)2-3-14(11)21(18,19)17-10-15(5-6-15)12-4-7-20-9-12/h2-4,7-9,17H,5-6,10H2,1H3. The maximum Gasteiger partial charge on any atom is 0.240 e. The van der Waals surface area contributed by atoms with Gasteiger partial charge in [-0.25, -0.2) is 17.5 Å². The predicted octanol–water partition coefficient (Wildman–Crippen LogP) is 3.21. The molecule has 1 heterocycles. The number of sulfonamides is 1. The molecule has 0 atom stereocenters. The lowest BCUT2D eigenvalue weighted by Crippen LogP contribution is -2.32. The summed E-state index contributed by atoms with van der Waals surface area (Å²) in [7, 11) is -3.61. The highest BCUT2D eigenvalue weighted by molar-refractivity contribution is 7.89. The molecule has 0 radical (unpaired) electrons. The van der Waals surface area contributed by atoms with Gasteiger partial charge in [0.2, 0.25) is 10.0 Å². The molecule has 112 valence electrons. The molecule has 0 bridgehead atoms. The quantitative estimate of drug-likeness (QED) is 0.917. The summed E-state index contributed by atoms with van der Waals surface area (Å²) < 4.78 is 40.5. The van der Waals surface area contributed by atoms with Crippen LogP contribution in [0, 0.1) is 12.7 Å². The van der Waals surface area contributed by atoms with E-state index in [1.165, 1.54) is 23.8 Å².